The van der Waals surface area contributed by atoms with Gasteiger partial charge in [0.1, 0.15) is 5.92 Å². The molecule has 2 aliphatic carbocycles. The van der Waals surface area contributed by atoms with Gasteiger partial charge in [-0.2, -0.15) is 0 Å². The number of Topliss-reactive ketones (excluding diaryl/α,β-unsaturated/α-hetero) is 1. The van der Waals surface area contributed by atoms with E-state index in [9.17, 15) is 19.2 Å². The molecule has 0 aromatic rings. The van der Waals surface area contributed by atoms with Gasteiger partial charge in [0, 0.05) is 11.5 Å². The molecule has 0 fully saturated rings. The van der Waals surface area contributed by atoms with Crippen molar-refractivity contribution in [3.63, 3.8) is 0 Å². The SMILES string of the molecule is CCCCCCCCCCCCCCCCC1=C(C(=O)OC)C2=C(C(=O)[C@H](C(=O)OC)[C@H]2CCCCCCCCCCCCCCCC)C(C(=O)OC)C1. The van der Waals surface area contributed by atoms with Crippen LogP contribution in [0.1, 0.15) is 213 Å². The number of esters is 3. The summed E-state index contributed by atoms with van der Waals surface area (Å²) >= 11 is 0. The standard InChI is InChI=1S/C47H80O7/c1-6-8-10-12-14-16-18-20-22-24-26-28-30-32-34-37-36-39(45(49)52-3)42-41(40(37)46(50)53-4)38(43(44(42)48)47(51)54-5)35-33-31-29-27-25-23-21-19-17-15-13-11-9-7-2/h38-39,43H,6-36H2,1-5H3/t38-,39?,43+/m0/s1. The molecule has 0 aromatic heterocycles. The molecule has 2 rings (SSSR count). The van der Waals surface area contributed by atoms with Gasteiger partial charge in [0.25, 0.3) is 0 Å². The summed E-state index contributed by atoms with van der Waals surface area (Å²) in [5.41, 5.74) is 2.06. The van der Waals surface area contributed by atoms with Crippen molar-refractivity contribution >= 4 is 23.7 Å². The third kappa shape index (κ3) is 16.7. The molecular weight excluding hydrogens is 677 g/mol. The smallest absolute Gasteiger partial charge is 0.338 e. The first kappa shape index (κ1) is 47.7. The Morgan fingerprint density at radius 3 is 1.28 bits per heavy atom. The zero-order valence-electron chi connectivity index (χ0n) is 35.5. The van der Waals surface area contributed by atoms with Crippen molar-refractivity contribution in [3.05, 3.63) is 22.3 Å². The molecule has 310 valence electrons. The van der Waals surface area contributed by atoms with Gasteiger partial charge in [-0.25, -0.2) is 4.79 Å². The van der Waals surface area contributed by atoms with Crippen LogP contribution in [0.15, 0.2) is 22.3 Å². The fraction of sp³-hybridized carbons (Fsp3) is 0.830. The minimum absolute atomic E-state index is 0.236. The lowest BCUT2D eigenvalue weighted by molar-refractivity contribution is -0.151. The molecular formula is C47H80O7. The molecule has 54 heavy (non-hydrogen) atoms. The lowest BCUT2D eigenvalue weighted by Gasteiger charge is -2.29. The molecule has 0 bridgehead atoms. The van der Waals surface area contributed by atoms with Crippen molar-refractivity contribution < 1.29 is 33.4 Å². The molecule has 0 amide bonds. The first-order valence-electron chi connectivity index (χ1n) is 22.6. The number of methoxy groups -OCH3 is 3. The maximum atomic E-state index is 14.0. The number of rotatable bonds is 33. The van der Waals surface area contributed by atoms with E-state index in [1.54, 1.807) is 0 Å². The Morgan fingerprint density at radius 1 is 0.500 bits per heavy atom. The number of carbonyl (C=O) groups excluding carboxylic acids is 4. The predicted octanol–water partition coefficient (Wildman–Crippen LogP) is 12.7. The predicted molar refractivity (Wildman–Crippen MR) is 220 cm³/mol. The van der Waals surface area contributed by atoms with Crippen LogP contribution in [0.5, 0.6) is 0 Å². The van der Waals surface area contributed by atoms with Crippen molar-refractivity contribution in [3.8, 4) is 0 Å². The van der Waals surface area contributed by atoms with E-state index < -0.39 is 41.4 Å². The van der Waals surface area contributed by atoms with Gasteiger partial charge in [0.2, 0.25) is 0 Å². The molecule has 0 aromatic carbocycles. The zero-order chi connectivity index (χ0) is 39.4. The largest absolute Gasteiger partial charge is 0.469 e. The Bertz CT molecular complexity index is 1150. The molecule has 3 atom stereocenters. The Balaban J connectivity index is 2.00. The van der Waals surface area contributed by atoms with E-state index in [4.69, 9.17) is 14.2 Å². The van der Waals surface area contributed by atoms with Crippen molar-refractivity contribution in [2.75, 3.05) is 21.3 Å². The number of hydrogen-bond donors (Lipinski definition) is 0. The second kappa shape index (κ2) is 29.8. The number of allylic oxidation sites excluding steroid dienone is 1. The van der Waals surface area contributed by atoms with Crippen LogP contribution in [0.2, 0.25) is 0 Å². The van der Waals surface area contributed by atoms with Crippen LogP contribution < -0.4 is 0 Å². The average molecular weight is 757 g/mol. The van der Waals surface area contributed by atoms with Gasteiger partial charge < -0.3 is 14.2 Å². The highest BCUT2D eigenvalue weighted by Gasteiger charge is 2.53. The molecule has 0 spiro atoms. The fourth-order valence-corrected chi connectivity index (χ4v) is 8.90. The topological polar surface area (TPSA) is 96.0 Å². The summed E-state index contributed by atoms with van der Waals surface area (Å²) in [6.45, 7) is 4.52. The van der Waals surface area contributed by atoms with Crippen molar-refractivity contribution in [2.24, 2.45) is 17.8 Å². The minimum atomic E-state index is -1.06. The maximum absolute atomic E-state index is 14.0. The van der Waals surface area contributed by atoms with Crippen molar-refractivity contribution in [1.82, 2.24) is 0 Å². The van der Waals surface area contributed by atoms with Gasteiger partial charge in [-0.1, -0.05) is 193 Å². The van der Waals surface area contributed by atoms with Crippen LogP contribution in [0.4, 0.5) is 0 Å². The number of hydrogen-bond acceptors (Lipinski definition) is 7. The van der Waals surface area contributed by atoms with Gasteiger partial charge in [-0.15, -0.1) is 0 Å². The molecule has 0 N–H and O–H groups in total. The normalized spacial score (nSPS) is 18.3. The number of carbonyl (C=O) groups is 4. The first-order chi connectivity index (χ1) is 26.4. The second-order valence-corrected chi connectivity index (χ2v) is 16.3. The number of ether oxygens (including phenoxy) is 3. The van der Waals surface area contributed by atoms with Crippen molar-refractivity contribution in [2.45, 2.75) is 213 Å². The van der Waals surface area contributed by atoms with E-state index in [0.29, 0.717) is 24.0 Å². The summed E-state index contributed by atoms with van der Waals surface area (Å²) in [5, 5.41) is 0. The molecule has 0 heterocycles. The Hall–Kier alpha value is -2.44. The monoisotopic (exact) mass is 757 g/mol. The van der Waals surface area contributed by atoms with Gasteiger partial charge in [0.15, 0.2) is 5.78 Å². The summed E-state index contributed by atoms with van der Waals surface area (Å²) in [7, 11) is 3.99. The third-order valence-electron chi connectivity index (χ3n) is 12.1. The van der Waals surface area contributed by atoms with E-state index in [-0.39, 0.29) is 12.0 Å². The quantitative estimate of drug-likeness (QED) is 0.0285. The molecule has 0 saturated carbocycles. The molecule has 0 saturated heterocycles. The molecule has 2 aliphatic rings. The Labute approximate surface area is 330 Å². The molecule has 0 radical (unpaired) electrons. The lowest BCUT2D eigenvalue weighted by atomic mass is 9.75. The summed E-state index contributed by atoms with van der Waals surface area (Å²) in [4.78, 5) is 54.0. The van der Waals surface area contributed by atoms with Crippen LogP contribution in [0.3, 0.4) is 0 Å². The highest BCUT2D eigenvalue weighted by Crippen LogP contribution is 2.51. The van der Waals surface area contributed by atoms with Crippen LogP contribution >= 0.6 is 0 Å². The fourth-order valence-electron chi connectivity index (χ4n) is 8.90. The highest BCUT2D eigenvalue weighted by molar-refractivity contribution is 6.17. The van der Waals surface area contributed by atoms with E-state index in [2.05, 4.69) is 13.8 Å². The maximum Gasteiger partial charge on any atom is 0.338 e. The molecule has 1 unspecified atom stereocenters. The number of unbranched alkanes of at least 4 members (excludes halogenated alkanes) is 26. The first-order valence-corrected chi connectivity index (χ1v) is 22.6. The summed E-state index contributed by atoms with van der Waals surface area (Å²) in [6, 6.07) is 0. The van der Waals surface area contributed by atoms with Crippen LogP contribution in [-0.4, -0.2) is 45.0 Å². The Morgan fingerprint density at radius 2 is 0.889 bits per heavy atom. The van der Waals surface area contributed by atoms with Crippen LogP contribution in [0.25, 0.3) is 0 Å². The molecule has 0 aliphatic heterocycles. The lowest BCUT2D eigenvalue weighted by Crippen LogP contribution is -2.30. The molecule has 7 heteroatoms. The molecule has 7 nitrogen and oxygen atoms in total. The van der Waals surface area contributed by atoms with Gasteiger partial charge in [-0.05, 0) is 31.3 Å². The van der Waals surface area contributed by atoms with E-state index in [1.165, 1.54) is 163 Å². The summed E-state index contributed by atoms with van der Waals surface area (Å²) in [5.74, 6) is -4.42. The summed E-state index contributed by atoms with van der Waals surface area (Å²) in [6.07, 6.45) is 36.4. The minimum Gasteiger partial charge on any atom is -0.469 e. The highest BCUT2D eigenvalue weighted by atomic mass is 16.5. The average Bonchev–Trinajstić information content (AvgIpc) is 3.47. The van der Waals surface area contributed by atoms with E-state index in [0.717, 1.165) is 44.1 Å². The van der Waals surface area contributed by atoms with Crippen LogP contribution in [-0.2, 0) is 33.4 Å². The zero-order valence-corrected chi connectivity index (χ0v) is 35.5. The van der Waals surface area contributed by atoms with Gasteiger partial charge >= 0.3 is 17.9 Å². The second-order valence-electron chi connectivity index (χ2n) is 16.3. The van der Waals surface area contributed by atoms with Crippen LogP contribution in [0, 0.1) is 17.8 Å². The van der Waals surface area contributed by atoms with Gasteiger partial charge in [0.05, 0.1) is 32.8 Å². The third-order valence-corrected chi connectivity index (χ3v) is 12.1. The van der Waals surface area contributed by atoms with Crippen molar-refractivity contribution in [1.29, 1.82) is 0 Å². The number of ketones is 1. The van der Waals surface area contributed by atoms with E-state index >= 15 is 0 Å². The summed E-state index contributed by atoms with van der Waals surface area (Å²) < 4.78 is 15.7. The Kier molecular flexibility index (Phi) is 26.3. The van der Waals surface area contributed by atoms with Gasteiger partial charge in [-0.3, -0.25) is 14.4 Å². The van der Waals surface area contributed by atoms with E-state index in [1.807, 2.05) is 0 Å².